The van der Waals surface area contributed by atoms with Gasteiger partial charge in [0.15, 0.2) is 9.84 Å². The van der Waals surface area contributed by atoms with Gasteiger partial charge in [-0.3, -0.25) is 4.79 Å². The highest BCUT2D eigenvalue weighted by molar-refractivity contribution is 7.92. The fourth-order valence-corrected chi connectivity index (χ4v) is 3.97. The topological polar surface area (TPSA) is 54.5 Å². The average molecular weight is 327 g/mol. The lowest BCUT2D eigenvalue weighted by molar-refractivity contribution is -0.131. The van der Waals surface area contributed by atoms with Crippen molar-refractivity contribution in [3.8, 4) is 0 Å². The molecule has 1 aromatic rings. The third kappa shape index (κ3) is 4.06. The minimum atomic E-state index is -3.65. The van der Waals surface area contributed by atoms with E-state index in [1.165, 1.54) is 25.1 Å². The van der Waals surface area contributed by atoms with Crippen molar-refractivity contribution in [3.05, 3.63) is 35.6 Å². The Morgan fingerprint density at radius 3 is 2.59 bits per heavy atom. The molecule has 1 saturated heterocycles. The molecule has 0 spiro atoms. The summed E-state index contributed by atoms with van der Waals surface area (Å²) in [5.41, 5.74) is 0.368. The Balaban J connectivity index is 2.06. The molecule has 0 aromatic heterocycles. The predicted molar refractivity (Wildman–Crippen MR) is 83.5 cm³/mol. The zero-order valence-corrected chi connectivity index (χ0v) is 13.8. The van der Waals surface area contributed by atoms with Crippen LogP contribution < -0.4 is 0 Å². The number of nitrogens with zero attached hydrogens (tertiary/aromatic N) is 1. The van der Waals surface area contributed by atoms with Crippen molar-refractivity contribution in [1.82, 2.24) is 4.90 Å². The Morgan fingerprint density at radius 2 is 2.00 bits per heavy atom. The predicted octanol–water partition coefficient (Wildman–Crippen LogP) is 2.39. The van der Waals surface area contributed by atoms with Gasteiger partial charge in [0.1, 0.15) is 11.1 Å². The Labute approximate surface area is 131 Å². The van der Waals surface area contributed by atoms with Crippen LogP contribution >= 0.6 is 0 Å². The van der Waals surface area contributed by atoms with Gasteiger partial charge in [-0.25, -0.2) is 12.8 Å². The van der Waals surface area contributed by atoms with Gasteiger partial charge in [0.25, 0.3) is 0 Å². The van der Waals surface area contributed by atoms with Crippen LogP contribution in [0.3, 0.4) is 0 Å². The Kier molecular flexibility index (Phi) is 5.21. The van der Waals surface area contributed by atoms with Crippen LogP contribution in [-0.4, -0.2) is 37.6 Å². The van der Waals surface area contributed by atoms with Crippen molar-refractivity contribution in [2.45, 2.75) is 37.7 Å². The molecule has 0 saturated carbocycles. The highest BCUT2D eigenvalue weighted by atomic mass is 32.2. The zero-order valence-electron chi connectivity index (χ0n) is 13.0. The fraction of sp³-hybridized carbons (Fsp3) is 0.562. The van der Waals surface area contributed by atoms with E-state index < -0.39 is 20.9 Å². The van der Waals surface area contributed by atoms with E-state index in [4.69, 9.17) is 0 Å². The van der Waals surface area contributed by atoms with E-state index in [0.29, 0.717) is 24.6 Å². The lowest BCUT2D eigenvalue weighted by atomic mass is 9.99. The molecule has 4 nitrogen and oxygen atoms in total. The van der Waals surface area contributed by atoms with Crippen LogP contribution in [0.1, 0.15) is 32.3 Å². The number of hydrogen-bond donors (Lipinski definition) is 0. The molecule has 2 rings (SSSR count). The number of amides is 1. The van der Waals surface area contributed by atoms with Crippen molar-refractivity contribution in [2.75, 3.05) is 13.1 Å². The van der Waals surface area contributed by atoms with Crippen LogP contribution in [0, 0.1) is 11.7 Å². The second-order valence-electron chi connectivity index (χ2n) is 6.09. The third-order valence-corrected chi connectivity index (χ3v) is 6.25. The summed E-state index contributed by atoms with van der Waals surface area (Å²) in [6.07, 6.45) is 1.81. The van der Waals surface area contributed by atoms with Crippen LogP contribution in [0.2, 0.25) is 0 Å². The molecule has 0 aliphatic carbocycles. The molecule has 0 unspecified atom stereocenters. The SMILES string of the molecule is CC1CCN(C(=O)[C@@H](C)S(=O)(=O)Cc2cccc(F)c2)CC1. The molecule has 0 radical (unpaired) electrons. The third-order valence-electron chi connectivity index (χ3n) is 4.24. The highest BCUT2D eigenvalue weighted by Crippen LogP contribution is 2.20. The first-order valence-electron chi connectivity index (χ1n) is 7.54. The van der Waals surface area contributed by atoms with Gasteiger partial charge in [-0.2, -0.15) is 0 Å². The van der Waals surface area contributed by atoms with Crippen molar-refractivity contribution < 1.29 is 17.6 Å². The van der Waals surface area contributed by atoms with E-state index in [0.717, 1.165) is 12.8 Å². The minimum Gasteiger partial charge on any atom is -0.342 e. The molecule has 0 bridgehead atoms. The smallest absolute Gasteiger partial charge is 0.240 e. The lowest BCUT2D eigenvalue weighted by Crippen LogP contribution is -2.45. The second-order valence-corrected chi connectivity index (χ2v) is 8.41. The summed E-state index contributed by atoms with van der Waals surface area (Å²) in [7, 11) is -3.65. The number of halogens is 1. The standard InChI is InChI=1S/C16H22FNO3S/c1-12-6-8-18(9-7-12)16(19)13(2)22(20,21)11-14-4-3-5-15(17)10-14/h3-5,10,12-13H,6-9,11H2,1-2H3/t13-/m1/s1. The first-order chi connectivity index (χ1) is 10.3. The number of sulfone groups is 1. The molecule has 0 N–H and O–H groups in total. The molecule has 1 amide bonds. The fourth-order valence-electron chi connectivity index (χ4n) is 2.62. The van der Waals surface area contributed by atoms with Crippen molar-refractivity contribution in [1.29, 1.82) is 0 Å². The van der Waals surface area contributed by atoms with Crippen LogP contribution in [0.4, 0.5) is 4.39 Å². The van der Waals surface area contributed by atoms with Gasteiger partial charge in [0.2, 0.25) is 5.91 Å². The molecule has 6 heteroatoms. The van der Waals surface area contributed by atoms with E-state index in [1.54, 1.807) is 11.0 Å². The molecule has 22 heavy (non-hydrogen) atoms. The van der Waals surface area contributed by atoms with Crippen LogP contribution in [0.5, 0.6) is 0 Å². The minimum absolute atomic E-state index is 0.318. The van der Waals surface area contributed by atoms with E-state index in [9.17, 15) is 17.6 Å². The second kappa shape index (κ2) is 6.77. The molecular formula is C16H22FNO3S. The van der Waals surface area contributed by atoms with Crippen molar-refractivity contribution >= 4 is 15.7 Å². The summed E-state index contributed by atoms with van der Waals surface area (Å²) in [6, 6.07) is 5.48. The van der Waals surface area contributed by atoms with E-state index >= 15 is 0 Å². The van der Waals surface area contributed by atoms with Crippen molar-refractivity contribution in [2.24, 2.45) is 5.92 Å². The molecule has 1 heterocycles. The number of likely N-dealkylation sites (tertiary alicyclic amines) is 1. The van der Waals surface area contributed by atoms with E-state index in [-0.39, 0.29) is 11.7 Å². The Bertz CT molecular complexity index is 637. The molecule has 122 valence electrons. The molecule has 1 aliphatic heterocycles. The maximum Gasteiger partial charge on any atom is 0.240 e. The maximum atomic E-state index is 13.2. The van der Waals surface area contributed by atoms with E-state index in [1.807, 2.05) is 0 Å². The van der Waals surface area contributed by atoms with Gasteiger partial charge in [-0.05, 0) is 43.4 Å². The first-order valence-corrected chi connectivity index (χ1v) is 9.26. The number of rotatable bonds is 4. The Hall–Kier alpha value is -1.43. The van der Waals surface area contributed by atoms with Gasteiger partial charge >= 0.3 is 0 Å². The number of carbonyl (C=O) groups is 1. The van der Waals surface area contributed by atoms with Gasteiger partial charge in [-0.1, -0.05) is 19.1 Å². The molecule has 1 aliphatic rings. The summed E-state index contributed by atoms with van der Waals surface area (Å²) in [6.45, 7) is 4.78. The molecule has 1 fully saturated rings. The van der Waals surface area contributed by atoms with Crippen LogP contribution in [0.25, 0.3) is 0 Å². The first kappa shape index (κ1) is 16.9. The molecule has 1 aromatic carbocycles. The average Bonchev–Trinajstić information content (AvgIpc) is 2.46. The number of carbonyl (C=O) groups excluding carboxylic acids is 1. The van der Waals surface area contributed by atoms with Gasteiger partial charge < -0.3 is 4.90 Å². The molecule has 1 atom stereocenters. The van der Waals surface area contributed by atoms with Gasteiger partial charge in [0, 0.05) is 13.1 Å². The maximum absolute atomic E-state index is 13.2. The number of hydrogen-bond acceptors (Lipinski definition) is 3. The summed E-state index contributed by atoms with van der Waals surface area (Å²) in [5.74, 6) is -0.565. The van der Waals surface area contributed by atoms with Crippen LogP contribution in [-0.2, 0) is 20.4 Å². The summed E-state index contributed by atoms with van der Waals surface area (Å²) in [5, 5.41) is -1.09. The highest BCUT2D eigenvalue weighted by Gasteiger charge is 2.33. The summed E-state index contributed by atoms with van der Waals surface area (Å²) < 4.78 is 37.9. The quantitative estimate of drug-likeness (QED) is 0.853. The summed E-state index contributed by atoms with van der Waals surface area (Å²) >= 11 is 0. The summed E-state index contributed by atoms with van der Waals surface area (Å²) in [4.78, 5) is 14.0. The zero-order chi connectivity index (χ0) is 16.3. The largest absolute Gasteiger partial charge is 0.342 e. The number of piperidine rings is 1. The van der Waals surface area contributed by atoms with Crippen molar-refractivity contribution in [3.63, 3.8) is 0 Å². The van der Waals surface area contributed by atoms with Gasteiger partial charge in [-0.15, -0.1) is 0 Å². The molecular weight excluding hydrogens is 305 g/mol. The normalized spacial score (nSPS) is 18.2. The monoisotopic (exact) mass is 327 g/mol. The lowest BCUT2D eigenvalue weighted by Gasteiger charge is -2.32. The Morgan fingerprint density at radius 1 is 1.36 bits per heavy atom. The van der Waals surface area contributed by atoms with Gasteiger partial charge in [0.05, 0.1) is 5.75 Å². The number of benzene rings is 1. The van der Waals surface area contributed by atoms with E-state index in [2.05, 4.69) is 6.92 Å². The van der Waals surface area contributed by atoms with Crippen LogP contribution in [0.15, 0.2) is 24.3 Å².